The SMILES string of the molecule is Cc1ccc2[nH]cc(CCn3cnc4c(nnc5c(-c6ccc(F)cc6)c(C)nn54)c3=O)c2c1. The number of halogens is 1. The Morgan fingerprint density at radius 1 is 1.03 bits per heavy atom. The molecule has 0 aliphatic rings. The van der Waals surface area contributed by atoms with Crippen LogP contribution in [0.5, 0.6) is 0 Å². The number of benzene rings is 2. The minimum atomic E-state index is -0.320. The summed E-state index contributed by atoms with van der Waals surface area (Å²) in [6, 6.07) is 12.4. The topological polar surface area (TPSA) is 93.8 Å². The van der Waals surface area contributed by atoms with E-state index in [4.69, 9.17) is 0 Å². The van der Waals surface area contributed by atoms with Crippen LogP contribution < -0.4 is 5.56 Å². The number of hydrogen-bond donors (Lipinski definition) is 1. The van der Waals surface area contributed by atoms with Gasteiger partial charge in [0, 0.05) is 23.6 Å². The van der Waals surface area contributed by atoms with Gasteiger partial charge in [0.05, 0.1) is 11.3 Å². The van der Waals surface area contributed by atoms with E-state index in [9.17, 15) is 9.18 Å². The third-order valence-electron chi connectivity index (χ3n) is 6.15. The van der Waals surface area contributed by atoms with Gasteiger partial charge in [-0.15, -0.1) is 10.2 Å². The lowest BCUT2D eigenvalue weighted by Crippen LogP contribution is -2.23. The van der Waals surface area contributed by atoms with Crippen LogP contribution in [0.4, 0.5) is 4.39 Å². The lowest BCUT2D eigenvalue weighted by atomic mass is 10.1. The quantitative estimate of drug-likeness (QED) is 0.436. The Balaban J connectivity index is 1.39. The molecule has 6 rings (SSSR count). The molecule has 4 heterocycles. The van der Waals surface area contributed by atoms with Crippen molar-refractivity contribution >= 4 is 27.7 Å². The van der Waals surface area contributed by atoms with Gasteiger partial charge in [-0.2, -0.15) is 9.61 Å². The number of rotatable bonds is 4. The fraction of sp³-hybridized carbons (Fsp3) is 0.160. The average Bonchev–Trinajstić information content (AvgIpc) is 3.39. The fourth-order valence-electron chi connectivity index (χ4n) is 4.42. The van der Waals surface area contributed by atoms with Crippen molar-refractivity contribution in [3.63, 3.8) is 0 Å². The summed E-state index contributed by atoms with van der Waals surface area (Å²) >= 11 is 0. The van der Waals surface area contributed by atoms with E-state index in [1.165, 1.54) is 28.5 Å². The number of hydrogen-bond acceptors (Lipinski definition) is 5. The zero-order valence-electron chi connectivity index (χ0n) is 18.6. The maximum Gasteiger partial charge on any atom is 0.283 e. The summed E-state index contributed by atoms with van der Waals surface area (Å²) in [5, 5.41) is 14.2. The second kappa shape index (κ2) is 7.58. The second-order valence-corrected chi connectivity index (χ2v) is 8.43. The van der Waals surface area contributed by atoms with Crippen LogP contribution in [0.3, 0.4) is 0 Å². The van der Waals surface area contributed by atoms with Gasteiger partial charge < -0.3 is 4.98 Å². The van der Waals surface area contributed by atoms with Crippen LogP contribution in [0.15, 0.2) is 59.8 Å². The van der Waals surface area contributed by atoms with Crippen LogP contribution >= 0.6 is 0 Å². The van der Waals surface area contributed by atoms with E-state index in [0.29, 0.717) is 30.0 Å². The molecule has 0 fully saturated rings. The maximum absolute atomic E-state index is 13.4. The molecule has 0 bridgehead atoms. The van der Waals surface area contributed by atoms with Crippen LogP contribution in [0, 0.1) is 19.7 Å². The zero-order chi connectivity index (χ0) is 23.4. The molecule has 168 valence electrons. The summed E-state index contributed by atoms with van der Waals surface area (Å²) in [7, 11) is 0. The van der Waals surface area contributed by atoms with E-state index in [2.05, 4.69) is 50.4 Å². The molecule has 0 atom stereocenters. The fourth-order valence-corrected chi connectivity index (χ4v) is 4.42. The normalized spacial score (nSPS) is 11.7. The molecule has 0 aliphatic heterocycles. The highest BCUT2D eigenvalue weighted by Gasteiger charge is 2.18. The van der Waals surface area contributed by atoms with Gasteiger partial charge in [-0.25, -0.2) is 9.37 Å². The predicted octanol–water partition coefficient (Wildman–Crippen LogP) is 3.98. The Hall–Kier alpha value is -4.40. The molecule has 8 nitrogen and oxygen atoms in total. The molecule has 34 heavy (non-hydrogen) atoms. The number of nitrogens with one attached hydrogen (secondary N) is 1. The Morgan fingerprint density at radius 2 is 1.85 bits per heavy atom. The molecule has 0 radical (unpaired) electrons. The first-order valence-electron chi connectivity index (χ1n) is 10.9. The first-order chi connectivity index (χ1) is 16.5. The van der Waals surface area contributed by atoms with E-state index in [1.54, 1.807) is 16.7 Å². The van der Waals surface area contributed by atoms with Gasteiger partial charge in [-0.05, 0) is 55.7 Å². The Labute approximate surface area is 192 Å². The summed E-state index contributed by atoms with van der Waals surface area (Å²) in [5.41, 5.74) is 6.27. The first-order valence-corrected chi connectivity index (χ1v) is 10.9. The minimum Gasteiger partial charge on any atom is -0.361 e. The monoisotopic (exact) mass is 453 g/mol. The highest BCUT2D eigenvalue weighted by Crippen LogP contribution is 2.28. The third-order valence-corrected chi connectivity index (χ3v) is 6.15. The molecule has 9 heteroatoms. The highest BCUT2D eigenvalue weighted by molar-refractivity contribution is 5.84. The number of aromatic nitrogens is 7. The van der Waals surface area contributed by atoms with Crippen molar-refractivity contribution in [2.24, 2.45) is 0 Å². The number of nitrogens with zero attached hydrogens (tertiary/aromatic N) is 6. The molecule has 2 aromatic carbocycles. The van der Waals surface area contributed by atoms with Gasteiger partial charge in [0.25, 0.3) is 5.56 Å². The van der Waals surface area contributed by atoms with Gasteiger partial charge in [-0.1, -0.05) is 23.8 Å². The highest BCUT2D eigenvalue weighted by atomic mass is 19.1. The van der Waals surface area contributed by atoms with Gasteiger partial charge >= 0.3 is 0 Å². The van der Waals surface area contributed by atoms with Crippen LogP contribution in [0.1, 0.15) is 16.8 Å². The molecule has 1 N–H and O–H groups in total. The number of aromatic amines is 1. The van der Waals surface area contributed by atoms with Crippen LogP contribution in [-0.4, -0.2) is 34.3 Å². The molecular weight excluding hydrogens is 433 g/mol. The van der Waals surface area contributed by atoms with Crippen molar-refractivity contribution < 1.29 is 4.39 Å². The Bertz CT molecular complexity index is 1760. The van der Waals surface area contributed by atoms with Crippen molar-refractivity contribution in [3.05, 3.63) is 88.0 Å². The molecular formula is C25H20FN7O. The van der Waals surface area contributed by atoms with Crippen molar-refractivity contribution in [1.82, 2.24) is 34.3 Å². The van der Waals surface area contributed by atoms with Gasteiger partial charge in [0.15, 0.2) is 16.8 Å². The molecule has 6 aromatic rings. The number of aryl methyl sites for hydroxylation is 4. The van der Waals surface area contributed by atoms with Crippen molar-refractivity contribution in [2.45, 2.75) is 26.8 Å². The summed E-state index contributed by atoms with van der Waals surface area (Å²) in [4.78, 5) is 21.0. The largest absolute Gasteiger partial charge is 0.361 e. The lowest BCUT2D eigenvalue weighted by molar-refractivity contribution is 0.628. The molecule has 4 aromatic heterocycles. The molecule has 0 spiro atoms. The summed E-state index contributed by atoms with van der Waals surface area (Å²) in [5.74, 6) is -0.320. The molecule has 0 saturated carbocycles. The van der Waals surface area contributed by atoms with Crippen molar-refractivity contribution in [3.8, 4) is 11.1 Å². The molecule has 0 amide bonds. The summed E-state index contributed by atoms with van der Waals surface area (Å²) in [6.07, 6.45) is 4.18. The van der Waals surface area contributed by atoms with Gasteiger partial charge in [0.2, 0.25) is 0 Å². The van der Waals surface area contributed by atoms with Crippen LogP contribution in [0.25, 0.3) is 38.8 Å². The van der Waals surface area contributed by atoms with Gasteiger partial charge in [-0.3, -0.25) is 9.36 Å². The first kappa shape index (κ1) is 20.2. The number of fused-ring (bicyclic) bond motifs is 4. The number of H-pyrrole nitrogens is 1. The Kier molecular flexibility index (Phi) is 4.51. The molecule has 0 unspecified atom stereocenters. The van der Waals surface area contributed by atoms with E-state index >= 15 is 0 Å². The van der Waals surface area contributed by atoms with Crippen molar-refractivity contribution in [2.75, 3.05) is 0 Å². The van der Waals surface area contributed by atoms with Crippen LogP contribution in [-0.2, 0) is 13.0 Å². The van der Waals surface area contributed by atoms with Crippen molar-refractivity contribution in [1.29, 1.82) is 0 Å². The molecule has 0 aliphatic carbocycles. The summed E-state index contributed by atoms with van der Waals surface area (Å²) < 4.78 is 16.5. The Morgan fingerprint density at radius 3 is 2.68 bits per heavy atom. The summed E-state index contributed by atoms with van der Waals surface area (Å²) in [6.45, 7) is 4.36. The smallest absolute Gasteiger partial charge is 0.283 e. The van der Waals surface area contributed by atoms with E-state index < -0.39 is 0 Å². The molecule has 0 saturated heterocycles. The third kappa shape index (κ3) is 3.16. The van der Waals surface area contributed by atoms with E-state index in [-0.39, 0.29) is 16.9 Å². The van der Waals surface area contributed by atoms with Gasteiger partial charge in [0.1, 0.15) is 12.1 Å². The van der Waals surface area contributed by atoms with E-state index in [0.717, 1.165) is 27.6 Å². The predicted molar refractivity (Wildman–Crippen MR) is 127 cm³/mol. The van der Waals surface area contributed by atoms with Crippen LogP contribution in [0.2, 0.25) is 0 Å². The van der Waals surface area contributed by atoms with E-state index in [1.807, 2.05) is 13.1 Å². The second-order valence-electron chi connectivity index (χ2n) is 8.43. The maximum atomic E-state index is 13.4. The standard InChI is InChI=1S/C25H20FN7O/c1-14-3-8-20-19(11-14)17(12-27-20)9-10-32-13-28-24-22(25(32)34)29-30-23-21(15(2)31-33(23)24)16-4-6-18(26)7-5-16/h3-8,11-13,27H,9-10H2,1-2H3. The average molecular weight is 453 g/mol. The minimum absolute atomic E-state index is 0.151. The lowest BCUT2D eigenvalue weighted by Gasteiger charge is -2.07. The zero-order valence-corrected chi connectivity index (χ0v) is 18.6.